The fraction of sp³-hybridized carbons (Fsp3) is 0.273. The maximum atomic E-state index is 12.1. The van der Waals surface area contributed by atoms with E-state index in [9.17, 15) is 15.2 Å². The number of nitrogens with one attached hydrogen (secondary N) is 1. The molecule has 1 unspecified atom stereocenters. The molecule has 0 bridgehead atoms. The molecule has 0 spiro atoms. The van der Waals surface area contributed by atoms with Gasteiger partial charge in [0.2, 0.25) is 0 Å². The highest BCUT2D eigenvalue weighted by molar-refractivity contribution is 5.91. The van der Waals surface area contributed by atoms with E-state index >= 15 is 0 Å². The van der Waals surface area contributed by atoms with E-state index in [0.717, 1.165) is 17.5 Å². The van der Waals surface area contributed by atoms with Gasteiger partial charge in [-0.2, -0.15) is 5.26 Å². The Morgan fingerprint density at radius 1 is 0.974 bits per heavy atom. The molecule has 0 amide bonds. The summed E-state index contributed by atoms with van der Waals surface area (Å²) >= 11 is 0. The molecule has 0 aromatic heterocycles. The highest BCUT2D eigenvalue weighted by Crippen LogP contribution is 2.27. The highest BCUT2D eigenvalue weighted by atomic mass is 16.5. The lowest BCUT2D eigenvalue weighted by Gasteiger charge is -2.28. The van der Waals surface area contributed by atoms with Crippen LogP contribution in [0.3, 0.4) is 0 Å². The Bertz CT molecular complexity index is 1490. The Kier molecular flexibility index (Phi) is 8.98. The van der Waals surface area contributed by atoms with Gasteiger partial charge in [-0.15, -0.1) is 0 Å². The summed E-state index contributed by atoms with van der Waals surface area (Å²) in [6.07, 6.45) is 0.0522. The van der Waals surface area contributed by atoms with Gasteiger partial charge in [-0.25, -0.2) is 4.79 Å². The maximum absolute atomic E-state index is 12.1. The summed E-state index contributed by atoms with van der Waals surface area (Å²) in [6.45, 7) is 6.68. The summed E-state index contributed by atoms with van der Waals surface area (Å²) in [5.41, 5.74) is 3.37. The Balaban J connectivity index is 1.34. The van der Waals surface area contributed by atoms with Gasteiger partial charge in [0, 0.05) is 12.1 Å². The molecular formula is C33H34N2O4. The van der Waals surface area contributed by atoms with Gasteiger partial charge in [0.05, 0.1) is 17.7 Å². The molecule has 4 aromatic rings. The third-order valence-corrected chi connectivity index (χ3v) is 6.51. The molecule has 200 valence electrons. The topological polar surface area (TPSA) is 91.6 Å². The molecule has 0 aliphatic carbocycles. The summed E-state index contributed by atoms with van der Waals surface area (Å²) in [7, 11) is 0. The fourth-order valence-electron chi connectivity index (χ4n) is 4.52. The maximum Gasteiger partial charge on any atom is 0.338 e. The molecule has 6 heteroatoms. The predicted molar refractivity (Wildman–Crippen MR) is 154 cm³/mol. The average Bonchev–Trinajstić information content (AvgIpc) is 2.95. The van der Waals surface area contributed by atoms with E-state index in [0.29, 0.717) is 30.0 Å². The summed E-state index contributed by atoms with van der Waals surface area (Å²) < 4.78 is 10.9. The van der Waals surface area contributed by atoms with E-state index < -0.39 is 6.10 Å². The average molecular weight is 523 g/mol. The minimum Gasteiger partial charge on any atom is -0.489 e. The quantitative estimate of drug-likeness (QED) is 0.238. The van der Waals surface area contributed by atoms with Crippen LogP contribution in [0.1, 0.15) is 42.3 Å². The standard InChI is InChI=1S/C33H34N2O4/c1-4-38-32(37)28-11-7-10-26(17-28)27-14-15-31(29(18-27)20-34)39-22-30(36)21-35-33(2,3)19-23-12-13-24-8-5-6-9-25(24)16-23/h5-18,30,35-36H,4,19,21-22H2,1-3H3. The van der Waals surface area contributed by atoms with Crippen LogP contribution >= 0.6 is 0 Å². The predicted octanol–water partition coefficient (Wildman–Crippen LogP) is 5.91. The van der Waals surface area contributed by atoms with Crippen LogP contribution in [-0.4, -0.2) is 42.5 Å². The zero-order valence-corrected chi connectivity index (χ0v) is 22.6. The molecule has 4 rings (SSSR count). The molecule has 1 atom stereocenters. The number of fused-ring (bicyclic) bond motifs is 1. The van der Waals surface area contributed by atoms with Gasteiger partial charge in [0.25, 0.3) is 0 Å². The van der Waals surface area contributed by atoms with Crippen molar-refractivity contribution in [3.63, 3.8) is 0 Å². The van der Waals surface area contributed by atoms with Crippen molar-refractivity contribution >= 4 is 16.7 Å². The number of carbonyl (C=O) groups excluding carboxylic acids is 1. The molecule has 39 heavy (non-hydrogen) atoms. The molecule has 4 aromatic carbocycles. The highest BCUT2D eigenvalue weighted by Gasteiger charge is 2.20. The molecule has 2 N–H and O–H groups in total. The van der Waals surface area contributed by atoms with Crippen LogP contribution in [0, 0.1) is 11.3 Å². The summed E-state index contributed by atoms with van der Waals surface area (Å²) in [4.78, 5) is 12.1. The molecular weight excluding hydrogens is 488 g/mol. The van der Waals surface area contributed by atoms with Crippen molar-refractivity contribution in [2.75, 3.05) is 19.8 Å². The van der Waals surface area contributed by atoms with Crippen molar-refractivity contribution in [2.45, 2.75) is 38.8 Å². The van der Waals surface area contributed by atoms with E-state index in [1.165, 1.54) is 16.3 Å². The monoisotopic (exact) mass is 522 g/mol. The number of esters is 1. The molecule has 0 saturated carbocycles. The zero-order valence-electron chi connectivity index (χ0n) is 22.6. The van der Waals surface area contributed by atoms with Gasteiger partial charge in [-0.1, -0.05) is 60.7 Å². The number of nitriles is 1. The van der Waals surface area contributed by atoms with E-state index in [1.54, 1.807) is 37.3 Å². The molecule has 6 nitrogen and oxygen atoms in total. The number of aliphatic hydroxyl groups excluding tert-OH is 1. The number of rotatable bonds is 11. The SMILES string of the molecule is CCOC(=O)c1cccc(-c2ccc(OCC(O)CNC(C)(C)Cc3ccc4ccccc4c3)c(C#N)c2)c1. The number of β-amino-alcohol motifs (C(OH)–C–C–N with tert-alkyl or cyclic N) is 1. The van der Waals surface area contributed by atoms with Crippen molar-refractivity contribution in [3.8, 4) is 22.9 Å². The summed E-state index contributed by atoms with van der Waals surface area (Å²) in [5, 5.41) is 26.2. The second kappa shape index (κ2) is 12.6. The van der Waals surface area contributed by atoms with E-state index in [4.69, 9.17) is 9.47 Å². The van der Waals surface area contributed by atoms with Crippen LogP contribution in [0.5, 0.6) is 5.75 Å². The number of hydrogen-bond acceptors (Lipinski definition) is 6. The smallest absolute Gasteiger partial charge is 0.338 e. The third-order valence-electron chi connectivity index (χ3n) is 6.51. The van der Waals surface area contributed by atoms with E-state index in [2.05, 4.69) is 55.6 Å². The largest absolute Gasteiger partial charge is 0.489 e. The third kappa shape index (κ3) is 7.44. The van der Waals surface area contributed by atoms with Crippen molar-refractivity contribution in [1.29, 1.82) is 5.26 Å². The number of hydrogen-bond donors (Lipinski definition) is 2. The van der Waals surface area contributed by atoms with Gasteiger partial charge in [-0.3, -0.25) is 0 Å². The Morgan fingerprint density at radius 2 is 1.74 bits per heavy atom. The minimum atomic E-state index is -0.756. The second-order valence-corrected chi connectivity index (χ2v) is 10.2. The fourth-order valence-corrected chi connectivity index (χ4v) is 4.52. The van der Waals surface area contributed by atoms with Gasteiger partial charge < -0.3 is 19.9 Å². The van der Waals surface area contributed by atoms with Crippen LogP contribution in [0.2, 0.25) is 0 Å². The van der Waals surface area contributed by atoms with Crippen molar-refractivity contribution in [3.05, 3.63) is 102 Å². The number of benzene rings is 4. The molecule has 0 radical (unpaired) electrons. The Labute approximate surface area is 229 Å². The van der Waals surface area contributed by atoms with Gasteiger partial charge >= 0.3 is 5.97 Å². The summed E-state index contributed by atoms with van der Waals surface area (Å²) in [5.74, 6) is 0.0140. The Morgan fingerprint density at radius 3 is 2.51 bits per heavy atom. The lowest BCUT2D eigenvalue weighted by atomic mass is 9.93. The first kappa shape index (κ1) is 27.8. The second-order valence-electron chi connectivity index (χ2n) is 10.2. The van der Waals surface area contributed by atoms with Crippen molar-refractivity contribution < 1.29 is 19.4 Å². The van der Waals surface area contributed by atoms with Gasteiger partial charge in [-0.05, 0) is 78.9 Å². The lowest BCUT2D eigenvalue weighted by molar-refractivity contribution is 0.0526. The number of nitrogens with zero attached hydrogens (tertiary/aromatic N) is 1. The van der Waals surface area contributed by atoms with Crippen LogP contribution in [-0.2, 0) is 11.2 Å². The van der Waals surface area contributed by atoms with Crippen LogP contribution < -0.4 is 10.1 Å². The number of ether oxygens (including phenoxy) is 2. The first-order valence-electron chi connectivity index (χ1n) is 13.1. The van der Waals surface area contributed by atoms with Crippen LogP contribution in [0.25, 0.3) is 21.9 Å². The first-order chi connectivity index (χ1) is 18.8. The molecule has 0 saturated heterocycles. The van der Waals surface area contributed by atoms with Crippen LogP contribution in [0.15, 0.2) is 84.9 Å². The molecule has 0 aliphatic rings. The minimum absolute atomic E-state index is 0.0470. The van der Waals surface area contributed by atoms with E-state index in [-0.39, 0.29) is 18.1 Å². The van der Waals surface area contributed by atoms with Gasteiger partial charge in [0.1, 0.15) is 24.5 Å². The first-order valence-corrected chi connectivity index (χ1v) is 13.1. The van der Waals surface area contributed by atoms with Gasteiger partial charge in [0.15, 0.2) is 0 Å². The normalized spacial score (nSPS) is 12.1. The van der Waals surface area contributed by atoms with Crippen molar-refractivity contribution in [2.24, 2.45) is 0 Å². The molecule has 0 fully saturated rings. The zero-order chi connectivity index (χ0) is 27.8. The number of aliphatic hydroxyl groups is 1. The molecule has 0 aliphatic heterocycles. The molecule has 0 heterocycles. The lowest BCUT2D eigenvalue weighted by Crippen LogP contribution is -2.46. The number of carbonyl (C=O) groups is 1. The van der Waals surface area contributed by atoms with Crippen molar-refractivity contribution in [1.82, 2.24) is 5.32 Å². The summed E-state index contributed by atoms with van der Waals surface area (Å²) in [6, 6.07) is 29.3. The van der Waals surface area contributed by atoms with E-state index in [1.807, 2.05) is 24.3 Å². The van der Waals surface area contributed by atoms with Crippen LogP contribution in [0.4, 0.5) is 0 Å². The Hall–Kier alpha value is -4.18.